The highest BCUT2D eigenvalue weighted by Gasteiger charge is 2.31. The number of carbonyl (C=O) groups is 1. The molecule has 0 aromatic heterocycles. The standard InChI is InChI=1S/C15H19NO2/c1-11(17)13-9-16(10-13)8-12-4-2-3-5-15(12)18-14-6-7-14/h2-5,13-14H,6-10H2,1H3. The maximum Gasteiger partial charge on any atom is 0.135 e. The Morgan fingerprint density at radius 1 is 1.33 bits per heavy atom. The first-order chi connectivity index (χ1) is 8.72. The van der Waals surface area contributed by atoms with Crippen LogP contribution in [0.25, 0.3) is 0 Å². The second-order valence-corrected chi connectivity index (χ2v) is 5.43. The predicted molar refractivity (Wildman–Crippen MR) is 69.5 cm³/mol. The summed E-state index contributed by atoms with van der Waals surface area (Å²) in [4.78, 5) is 13.5. The van der Waals surface area contributed by atoms with Gasteiger partial charge in [-0.05, 0) is 25.8 Å². The molecule has 3 rings (SSSR count). The molecule has 0 atom stereocenters. The summed E-state index contributed by atoms with van der Waals surface area (Å²) in [5, 5.41) is 0. The third-order valence-electron chi connectivity index (χ3n) is 3.72. The molecule has 96 valence electrons. The number of ether oxygens (including phenoxy) is 1. The smallest absolute Gasteiger partial charge is 0.135 e. The van der Waals surface area contributed by atoms with Gasteiger partial charge >= 0.3 is 0 Å². The number of benzene rings is 1. The Bertz CT molecular complexity index is 448. The second kappa shape index (κ2) is 4.73. The minimum Gasteiger partial charge on any atom is -0.490 e. The van der Waals surface area contributed by atoms with Gasteiger partial charge in [-0.15, -0.1) is 0 Å². The molecule has 1 aromatic carbocycles. The first-order valence-corrected chi connectivity index (χ1v) is 6.70. The normalized spacial score (nSPS) is 20.5. The van der Waals surface area contributed by atoms with E-state index in [1.54, 1.807) is 6.92 Å². The lowest BCUT2D eigenvalue weighted by atomic mass is 9.95. The monoisotopic (exact) mass is 245 g/mol. The van der Waals surface area contributed by atoms with Crippen molar-refractivity contribution in [3.05, 3.63) is 29.8 Å². The number of likely N-dealkylation sites (tertiary alicyclic amines) is 1. The van der Waals surface area contributed by atoms with E-state index in [-0.39, 0.29) is 5.92 Å². The van der Waals surface area contributed by atoms with Crippen molar-refractivity contribution in [2.45, 2.75) is 32.4 Å². The Kier molecular flexibility index (Phi) is 3.08. The Morgan fingerprint density at radius 3 is 2.72 bits per heavy atom. The molecule has 1 heterocycles. The van der Waals surface area contributed by atoms with E-state index < -0.39 is 0 Å². The minimum atomic E-state index is 0.251. The number of ketones is 1. The number of hydrogen-bond acceptors (Lipinski definition) is 3. The van der Waals surface area contributed by atoms with Crippen molar-refractivity contribution >= 4 is 5.78 Å². The molecule has 1 saturated heterocycles. The van der Waals surface area contributed by atoms with Gasteiger partial charge in [0.2, 0.25) is 0 Å². The van der Waals surface area contributed by atoms with Gasteiger partial charge < -0.3 is 4.74 Å². The summed E-state index contributed by atoms with van der Waals surface area (Å²) >= 11 is 0. The predicted octanol–water partition coefficient (Wildman–Crippen LogP) is 2.25. The lowest BCUT2D eigenvalue weighted by Crippen LogP contribution is -2.48. The number of para-hydroxylation sites is 1. The van der Waals surface area contributed by atoms with E-state index in [2.05, 4.69) is 23.1 Å². The van der Waals surface area contributed by atoms with Crippen LogP contribution in [-0.2, 0) is 11.3 Å². The first kappa shape index (κ1) is 11.7. The van der Waals surface area contributed by atoms with Gasteiger partial charge in [-0.2, -0.15) is 0 Å². The number of rotatable bonds is 5. The number of carbonyl (C=O) groups excluding carboxylic acids is 1. The van der Waals surface area contributed by atoms with Crippen LogP contribution in [-0.4, -0.2) is 29.9 Å². The molecule has 0 N–H and O–H groups in total. The zero-order valence-corrected chi connectivity index (χ0v) is 10.8. The molecule has 0 amide bonds. The SMILES string of the molecule is CC(=O)C1CN(Cc2ccccc2OC2CC2)C1. The largest absolute Gasteiger partial charge is 0.490 e. The molecular formula is C15H19NO2. The first-order valence-electron chi connectivity index (χ1n) is 6.70. The molecule has 1 aliphatic carbocycles. The maximum atomic E-state index is 11.2. The van der Waals surface area contributed by atoms with Crippen LogP contribution in [0.3, 0.4) is 0 Å². The van der Waals surface area contributed by atoms with Crippen molar-refractivity contribution in [3.63, 3.8) is 0 Å². The Balaban J connectivity index is 1.60. The molecule has 2 aliphatic rings. The van der Waals surface area contributed by atoms with Crippen molar-refractivity contribution in [1.82, 2.24) is 4.90 Å². The molecule has 0 bridgehead atoms. The third kappa shape index (κ3) is 2.56. The van der Waals surface area contributed by atoms with Gasteiger partial charge in [0.25, 0.3) is 0 Å². The van der Waals surface area contributed by atoms with Gasteiger partial charge in [0.1, 0.15) is 11.5 Å². The van der Waals surface area contributed by atoms with Gasteiger partial charge in [0.15, 0.2) is 0 Å². The highest BCUT2D eigenvalue weighted by atomic mass is 16.5. The fraction of sp³-hybridized carbons (Fsp3) is 0.533. The van der Waals surface area contributed by atoms with Gasteiger partial charge in [-0.3, -0.25) is 9.69 Å². The fourth-order valence-electron chi connectivity index (χ4n) is 2.31. The zero-order valence-electron chi connectivity index (χ0n) is 10.8. The molecule has 3 heteroatoms. The van der Waals surface area contributed by atoms with Crippen LogP contribution >= 0.6 is 0 Å². The summed E-state index contributed by atoms with van der Waals surface area (Å²) < 4.78 is 5.91. The van der Waals surface area contributed by atoms with E-state index in [0.717, 1.165) is 25.4 Å². The summed E-state index contributed by atoms with van der Waals surface area (Å²) in [5.74, 6) is 1.58. The molecule has 0 radical (unpaired) electrons. The average molecular weight is 245 g/mol. The van der Waals surface area contributed by atoms with E-state index in [9.17, 15) is 4.79 Å². The van der Waals surface area contributed by atoms with Gasteiger partial charge in [0.05, 0.1) is 6.10 Å². The number of hydrogen-bond donors (Lipinski definition) is 0. The van der Waals surface area contributed by atoms with Crippen molar-refractivity contribution in [3.8, 4) is 5.75 Å². The lowest BCUT2D eigenvalue weighted by Gasteiger charge is -2.38. The molecule has 2 fully saturated rings. The molecular weight excluding hydrogens is 226 g/mol. The summed E-state index contributed by atoms with van der Waals surface area (Å²) in [6.07, 6.45) is 2.81. The van der Waals surface area contributed by atoms with Crippen LogP contribution in [0, 0.1) is 5.92 Å². The molecule has 0 unspecified atom stereocenters. The lowest BCUT2D eigenvalue weighted by molar-refractivity contribution is -0.126. The van der Waals surface area contributed by atoms with Crippen LogP contribution in [0.15, 0.2) is 24.3 Å². The zero-order chi connectivity index (χ0) is 12.5. The average Bonchev–Trinajstić information content (AvgIpc) is 3.08. The van der Waals surface area contributed by atoms with Gasteiger partial charge in [-0.1, -0.05) is 18.2 Å². The molecule has 0 spiro atoms. The number of nitrogens with zero attached hydrogens (tertiary/aromatic N) is 1. The van der Waals surface area contributed by atoms with E-state index >= 15 is 0 Å². The Hall–Kier alpha value is -1.35. The Labute approximate surface area is 108 Å². The second-order valence-electron chi connectivity index (χ2n) is 5.43. The minimum absolute atomic E-state index is 0.251. The summed E-state index contributed by atoms with van der Waals surface area (Å²) in [6, 6.07) is 8.25. The van der Waals surface area contributed by atoms with Crippen molar-refractivity contribution in [2.75, 3.05) is 13.1 Å². The van der Waals surface area contributed by atoms with Crippen molar-refractivity contribution < 1.29 is 9.53 Å². The van der Waals surface area contributed by atoms with Crippen LogP contribution < -0.4 is 4.74 Å². The summed E-state index contributed by atoms with van der Waals surface area (Å²) in [7, 11) is 0. The highest BCUT2D eigenvalue weighted by Crippen LogP contribution is 2.30. The van der Waals surface area contributed by atoms with E-state index in [0.29, 0.717) is 11.9 Å². The summed E-state index contributed by atoms with van der Waals surface area (Å²) in [6.45, 7) is 4.37. The maximum absolute atomic E-state index is 11.2. The topological polar surface area (TPSA) is 29.5 Å². The van der Waals surface area contributed by atoms with E-state index in [1.807, 2.05) is 6.07 Å². The van der Waals surface area contributed by atoms with Crippen LogP contribution in [0.1, 0.15) is 25.3 Å². The molecule has 1 saturated carbocycles. The summed E-state index contributed by atoms with van der Waals surface area (Å²) in [5.41, 5.74) is 1.24. The van der Waals surface area contributed by atoms with E-state index in [4.69, 9.17) is 4.74 Å². The highest BCUT2D eigenvalue weighted by molar-refractivity contribution is 5.79. The number of Topliss-reactive ketones (excluding diaryl/α,β-unsaturated/α-hetero) is 1. The molecule has 1 aromatic rings. The quantitative estimate of drug-likeness (QED) is 0.797. The third-order valence-corrected chi connectivity index (χ3v) is 3.72. The molecule has 3 nitrogen and oxygen atoms in total. The molecule has 1 aliphatic heterocycles. The van der Waals surface area contributed by atoms with Gasteiger partial charge in [0, 0.05) is 31.1 Å². The fourth-order valence-corrected chi connectivity index (χ4v) is 2.31. The van der Waals surface area contributed by atoms with Crippen molar-refractivity contribution in [1.29, 1.82) is 0 Å². The van der Waals surface area contributed by atoms with Crippen molar-refractivity contribution in [2.24, 2.45) is 5.92 Å². The Morgan fingerprint density at radius 2 is 2.06 bits per heavy atom. The van der Waals surface area contributed by atoms with Crippen LogP contribution in [0.5, 0.6) is 5.75 Å². The van der Waals surface area contributed by atoms with Crippen LogP contribution in [0.2, 0.25) is 0 Å². The van der Waals surface area contributed by atoms with E-state index in [1.165, 1.54) is 18.4 Å². The van der Waals surface area contributed by atoms with Crippen LogP contribution in [0.4, 0.5) is 0 Å². The molecule has 18 heavy (non-hydrogen) atoms. The van der Waals surface area contributed by atoms with Gasteiger partial charge in [-0.25, -0.2) is 0 Å².